The van der Waals surface area contributed by atoms with Crippen LogP contribution >= 0.6 is 0 Å². The Morgan fingerprint density at radius 3 is 2.86 bits per heavy atom. The molecule has 0 amide bonds. The lowest BCUT2D eigenvalue weighted by molar-refractivity contribution is 0.0665. The molecule has 0 bridgehead atoms. The number of furan rings is 1. The summed E-state index contributed by atoms with van der Waals surface area (Å²) in [6.07, 6.45) is 0. The maximum atomic E-state index is 10.6. The second-order valence-electron chi connectivity index (χ2n) is 2.82. The number of methoxy groups -OCH3 is 1. The molecule has 0 saturated heterocycles. The maximum Gasteiger partial charge on any atom is 0.371 e. The third-order valence-corrected chi connectivity index (χ3v) is 1.94. The molecule has 1 heterocycles. The molecule has 0 atom stereocenters. The molecule has 72 valence electrons. The topological polar surface area (TPSA) is 59.7 Å². The average molecular weight is 192 g/mol. The predicted molar refractivity (Wildman–Crippen MR) is 49.7 cm³/mol. The van der Waals surface area contributed by atoms with Gasteiger partial charge >= 0.3 is 5.97 Å². The molecule has 0 radical (unpaired) electrons. The Morgan fingerprint density at radius 2 is 2.21 bits per heavy atom. The van der Waals surface area contributed by atoms with Crippen LogP contribution < -0.4 is 4.74 Å². The van der Waals surface area contributed by atoms with E-state index in [0.717, 1.165) is 5.39 Å². The molecular weight excluding hydrogens is 184 g/mol. The van der Waals surface area contributed by atoms with Gasteiger partial charge in [-0.05, 0) is 18.2 Å². The van der Waals surface area contributed by atoms with Crippen molar-refractivity contribution in [1.29, 1.82) is 0 Å². The number of carboxylic acid groups (broad SMARTS) is 1. The standard InChI is InChI=1S/C10H8O4/c1-13-7-3-2-6-4-9(10(11)12)14-8(6)5-7/h2-5H,1H3,(H,11,12). The van der Waals surface area contributed by atoms with Crippen LogP contribution in [0.4, 0.5) is 0 Å². The van der Waals surface area contributed by atoms with Crippen LogP contribution in [0.15, 0.2) is 28.7 Å². The highest BCUT2D eigenvalue weighted by Crippen LogP contribution is 2.23. The summed E-state index contributed by atoms with van der Waals surface area (Å²) in [7, 11) is 1.54. The first-order valence-electron chi connectivity index (χ1n) is 4.01. The maximum absolute atomic E-state index is 10.6. The van der Waals surface area contributed by atoms with E-state index in [1.54, 1.807) is 25.3 Å². The van der Waals surface area contributed by atoms with E-state index < -0.39 is 5.97 Å². The van der Waals surface area contributed by atoms with Gasteiger partial charge in [0, 0.05) is 11.5 Å². The van der Waals surface area contributed by atoms with Gasteiger partial charge in [0.05, 0.1) is 7.11 Å². The van der Waals surface area contributed by atoms with Gasteiger partial charge in [0.15, 0.2) is 0 Å². The number of ether oxygens (including phenoxy) is 1. The Labute approximate surface area is 79.7 Å². The molecule has 0 aliphatic carbocycles. The minimum Gasteiger partial charge on any atom is -0.497 e. The fourth-order valence-corrected chi connectivity index (χ4v) is 1.24. The lowest BCUT2D eigenvalue weighted by Gasteiger charge is -1.96. The largest absolute Gasteiger partial charge is 0.497 e. The first-order valence-corrected chi connectivity index (χ1v) is 4.01. The summed E-state index contributed by atoms with van der Waals surface area (Å²) < 4.78 is 10.1. The summed E-state index contributed by atoms with van der Waals surface area (Å²) in [5.41, 5.74) is 0.516. The number of hydrogen-bond donors (Lipinski definition) is 1. The van der Waals surface area contributed by atoms with E-state index in [1.165, 1.54) is 6.07 Å². The van der Waals surface area contributed by atoms with E-state index in [2.05, 4.69) is 0 Å². The number of rotatable bonds is 2. The molecule has 1 N–H and O–H groups in total. The number of carboxylic acids is 1. The van der Waals surface area contributed by atoms with Gasteiger partial charge in [0.2, 0.25) is 5.76 Å². The van der Waals surface area contributed by atoms with Gasteiger partial charge in [0.1, 0.15) is 11.3 Å². The first kappa shape index (κ1) is 8.62. The Bertz CT molecular complexity index is 484. The van der Waals surface area contributed by atoms with Crippen molar-refractivity contribution in [3.8, 4) is 5.75 Å². The predicted octanol–water partition coefficient (Wildman–Crippen LogP) is 2.14. The van der Waals surface area contributed by atoms with E-state index in [-0.39, 0.29) is 5.76 Å². The second kappa shape index (κ2) is 3.06. The molecule has 1 aromatic heterocycles. The molecule has 2 aromatic rings. The van der Waals surface area contributed by atoms with Crippen LogP contribution in [0.25, 0.3) is 11.0 Å². The molecule has 0 aliphatic heterocycles. The van der Waals surface area contributed by atoms with Gasteiger partial charge in [-0.25, -0.2) is 4.79 Å². The van der Waals surface area contributed by atoms with Gasteiger partial charge in [-0.1, -0.05) is 0 Å². The van der Waals surface area contributed by atoms with Crippen LogP contribution in [0.2, 0.25) is 0 Å². The normalized spacial score (nSPS) is 10.4. The number of aromatic carboxylic acids is 1. The molecule has 0 spiro atoms. The van der Waals surface area contributed by atoms with E-state index in [9.17, 15) is 4.79 Å². The highest BCUT2D eigenvalue weighted by Gasteiger charge is 2.10. The van der Waals surface area contributed by atoms with E-state index in [0.29, 0.717) is 11.3 Å². The summed E-state index contributed by atoms with van der Waals surface area (Å²) in [5, 5.41) is 9.44. The number of carbonyl (C=O) groups is 1. The summed E-state index contributed by atoms with van der Waals surface area (Å²) in [6.45, 7) is 0. The van der Waals surface area contributed by atoms with Crippen LogP contribution in [0.3, 0.4) is 0 Å². The van der Waals surface area contributed by atoms with Crippen molar-refractivity contribution in [2.45, 2.75) is 0 Å². The molecule has 0 unspecified atom stereocenters. The monoisotopic (exact) mass is 192 g/mol. The zero-order valence-electron chi connectivity index (χ0n) is 7.48. The Balaban J connectivity index is 2.60. The fraction of sp³-hybridized carbons (Fsp3) is 0.100. The zero-order valence-corrected chi connectivity index (χ0v) is 7.48. The molecule has 2 rings (SSSR count). The van der Waals surface area contributed by atoms with Crippen molar-refractivity contribution in [3.63, 3.8) is 0 Å². The summed E-state index contributed by atoms with van der Waals surface area (Å²) >= 11 is 0. The number of hydrogen-bond acceptors (Lipinski definition) is 3. The van der Waals surface area contributed by atoms with Gasteiger partial charge in [-0.15, -0.1) is 0 Å². The third kappa shape index (κ3) is 1.31. The smallest absolute Gasteiger partial charge is 0.371 e. The minimum absolute atomic E-state index is 0.0618. The van der Waals surface area contributed by atoms with Crippen LogP contribution in [-0.4, -0.2) is 18.2 Å². The lowest BCUT2D eigenvalue weighted by atomic mass is 10.2. The fourth-order valence-electron chi connectivity index (χ4n) is 1.24. The Morgan fingerprint density at radius 1 is 1.43 bits per heavy atom. The van der Waals surface area contributed by atoms with Crippen molar-refractivity contribution in [1.82, 2.24) is 0 Å². The summed E-state index contributed by atoms with van der Waals surface area (Å²) in [4.78, 5) is 10.6. The van der Waals surface area contributed by atoms with Gasteiger partial charge < -0.3 is 14.3 Å². The third-order valence-electron chi connectivity index (χ3n) is 1.94. The van der Waals surface area contributed by atoms with E-state index in [1.807, 2.05) is 0 Å². The Kier molecular flexibility index (Phi) is 1.89. The van der Waals surface area contributed by atoms with Gasteiger partial charge in [-0.2, -0.15) is 0 Å². The molecule has 4 nitrogen and oxygen atoms in total. The molecule has 14 heavy (non-hydrogen) atoms. The molecular formula is C10H8O4. The molecule has 1 aromatic carbocycles. The number of fused-ring (bicyclic) bond motifs is 1. The van der Waals surface area contributed by atoms with E-state index >= 15 is 0 Å². The SMILES string of the molecule is COc1ccc2cc(C(=O)O)oc2c1. The second-order valence-corrected chi connectivity index (χ2v) is 2.82. The van der Waals surface area contributed by atoms with Crippen LogP contribution in [0, 0.1) is 0 Å². The molecule has 0 aliphatic rings. The molecule has 4 heteroatoms. The van der Waals surface area contributed by atoms with Crippen molar-refractivity contribution in [2.24, 2.45) is 0 Å². The lowest BCUT2D eigenvalue weighted by Crippen LogP contribution is -1.91. The van der Waals surface area contributed by atoms with Crippen LogP contribution in [-0.2, 0) is 0 Å². The van der Waals surface area contributed by atoms with Crippen LogP contribution in [0.5, 0.6) is 5.75 Å². The van der Waals surface area contributed by atoms with E-state index in [4.69, 9.17) is 14.3 Å². The molecule has 0 fully saturated rings. The molecule has 0 saturated carbocycles. The highest BCUT2D eigenvalue weighted by molar-refractivity contribution is 5.91. The van der Waals surface area contributed by atoms with Gasteiger partial charge in [-0.3, -0.25) is 0 Å². The number of benzene rings is 1. The van der Waals surface area contributed by atoms with Crippen molar-refractivity contribution >= 4 is 16.9 Å². The summed E-state index contributed by atoms with van der Waals surface area (Å²) in [6, 6.07) is 6.65. The van der Waals surface area contributed by atoms with Crippen molar-refractivity contribution < 1.29 is 19.1 Å². The van der Waals surface area contributed by atoms with Crippen molar-refractivity contribution in [2.75, 3.05) is 7.11 Å². The summed E-state index contributed by atoms with van der Waals surface area (Å²) in [5.74, 6) is -0.489. The zero-order chi connectivity index (χ0) is 10.1. The average Bonchev–Trinajstić information content (AvgIpc) is 2.59. The first-order chi connectivity index (χ1) is 6.70. The van der Waals surface area contributed by atoms with Crippen molar-refractivity contribution in [3.05, 3.63) is 30.0 Å². The van der Waals surface area contributed by atoms with Gasteiger partial charge in [0.25, 0.3) is 0 Å². The quantitative estimate of drug-likeness (QED) is 0.791. The van der Waals surface area contributed by atoms with Crippen LogP contribution in [0.1, 0.15) is 10.6 Å². The highest BCUT2D eigenvalue weighted by atomic mass is 16.5. The Hall–Kier alpha value is -1.97. The minimum atomic E-state index is -1.07.